The summed E-state index contributed by atoms with van der Waals surface area (Å²) in [6.45, 7) is 4.76. The zero-order valence-corrected chi connectivity index (χ0v) is 21.1. The van der Waals surface area contributed by atoms with Crippen molar-refractivity contribution in [2.75, 3.05) is 29.9 Å². The number of carbonyl (C=O) groups is 3. The Bertz CT molecular complexity index is 1260. The molecule has 0 radical (unpaired) electrons. The molecule has 1 atom stereocenters. The lowest BCUT2D eigenvalue weighted by Crippen LogP contribution is -2.36. The fourth-order valence-electron chi connectivity index (χ4n) is 4.69. The van der Waals surface area contributed by atoms with Gasteiger partial charge in [-0.05, 0) is 43.9 Å². The third kappa shape index (κ3) is 4.39. The first-order valence-corrected chi connectivity index (χ1v) is 12.7. The number of thioether (sulfide) groups is 1. The normalized spacial score (nSPS) is 21.8. The number of hydrogen-bond acceptors (Lipinski definition) is 6. The van der Waals surface area contributed by atoms with E-state index in [1.165, 1.54) is 9.80 Å². The summed E-state index contributed by atoms with van der Waals surface area (Å²) in [5.41, 5.74) is 4.17. The number of benzene rings is 2. The van der Waals surface area contributed by atoms with Gasteiger partial charge in [0.1, 0.15) is 10.9 Å². The van der Waals surface area contributed by atoms with Crippen LogP contribution in [0.25, 0.3) is 5.57 Å². The molecule has 0 bridgehead atoms. The second-order valence-electron chi connectivity index (χ2n) is 8.85. The van der Waals surface area contributed by atoms with E-state index in [9.17, 15) is 14.4 Å². The van der Waals surface area contributed by atoms with Gasteiger partial charge in [0.05, 0.1) is 28.8 Å². The number of anilines is 2. The number of fused-ring (bicyclic) bond motifs is 1. The lowest BCUT2D eigenvalue weighted by atomic mass is 10.1. The summed E-state index contributed by atoms with van der Waals surface area (Å²) >= 11 is 6.63. The Labute approximate surface area is 213 Å². The molecule has 3 heterocycles. The molecule has 3 aliphatic rings. The third-order valence-corrected chi connectivity index (χ3v) is 7.91. The number of ether oxygens (including phenoxy) is 1. The molecule has 2 aromatic carbocycles. The van der Waals surface area contributed by atoms with Crippen molar-refractivity contribution in [3.05, 3.63) is 64.1 Å². The predicted octanol–water partition coefficient (Wildman–Crippen LogP) is 4.04. The summed E-state index contributed by atoms with van der Waals surface area (Å²) < 4.78 is 6.10. The van der Waals surface area contributed by atoms with Gasteiger partial charge in [-0.3, -0.25) is 24.2 Å². The summed E-state index contributed by atoms with van der Waals surface area (Å²) in [7, 11) is 0. The van der Waals surface area contributed by atoms with E-state index in [4.69, 9.17) is 17.0 Å². The maximum Gasteiger partial charge on any atom is 0.267 e. The number of carbonyl (C=O) groups excluding carboxylic acids is 3. The Kier molecular flexibility index (Phi) is 6.48. The van der Waals surface area contributed by atoms with E-state index in [1.807, 2.05) is 44.2 Å². The SMILES string of the molecule is Cc1cccc(C)c1NC(=O)CN1C(=O)/C(=C2\SC(=S)N(CC3CCCO3)C2=O)c2ccccc21. The van der Waals surface area contributed by atoms with Gasteiger partial charge in [0.15, 0.2) is 0 Å². The summed E-state index contributed by atoms with van der Waals surface area (Å²) in [4.78, 5) is 43.2. The molecule has 2 saturated heterocycles. The van der Waals surface area contributed by atoms with Crippen LogP contribution >= 0.6 is 24.0 Å². The van der Waals surface area contributed by atoms with Gasteiger partial charge in [0, 0.05) is 17.9 Å². The van der Waals surface area contributed by atoms with Crippen molar-refractivity contribution in [2.45, 2.75) is 32.8 Å². The van der Waals surface area contributed by atoms with Crippen molar-refractivity contribution in [3.63, 3.8) is 0 Å². The highest BCUT2D eigenvalue weighted by Crippen LogP contribution is 2.44. The van der Waals surface area contributed by atoms with Crippen molar-refractivity contribution in [1.29, 1.82) is 0 Å². The highest BCUT2D eigenvalue weighted by molar-refractivity contribution is 8.26. The minimum atomic E-state index is -0.375. The van der Waals surface area contributed by atoms with Crippen LogP contribution in [0.5, 0.6) is 0 Å². The van der Waals surface area contributed by atoms with Crippen molar-refractivity contribution in [3.8, 4) is 0 Å². The van der Waals surface area contributed by atoms with Crippen molar-refractivity contribution in [2.24, 2.45) is 0 Å². The smallest absolute Gasteiger partial charge is 0.267 e. The molecule has 2 fully saturated rings. The van der Waals surface area contributed by atoms with Crippen LogP contribution in [0.3, 0.4) is 0 Å². The largest absolute Gasteiger partial charge is 0.376 e. The van der Waals surface area contributed by atoms with Gasteiger partial charge >= 0.3 is 0 Å². The highest BCUT2D eigenvalue weighted by atomic mass is 32.2. The van der Waals surface area contributed by atoms with Crippen LogP contribution in [-0.2, 0) is 19.1 Å². The molecular weight excluding hydrogens is 482 g/mol. The maximum absolute atomic E-state index is 13.6. The molecule has 180 valence electrons. The molecule has 3 aliphatic heterocycles. The number of rotatable bonds is 5. The lowest BCUT2D eigenvalue weighted by molar-refractivity contribution is -0.123. The second-order valence-corrected chi connectivity index (χ2v) is 10.5. The average Bonchev–Trinajstić information content (AvgIpc) is 3.51. The van der Waals surface area contributed by atoms with Crippen LogP contribution in [-0.4, -0.2) is 52.7 Å². The molecule has 7 nitrogen and oxygen atoms in total. The van der Waals surface area contributed by atoms with Gasteiger partial charge in [0.2, 0.25) is 5.91 Å². The molecule has 0 aromatic heterocycles. The number of nitrogens with one attached hydrogen (secondary N) is 1. The van der Waals surface area contributed by atoms with E-state index in [0.29, 0.717) is 39.2 Å². The Morgan fingerprint density at radius 3 is 2.54 bits per heavy atom. The highest BCUT2D eigenvalue weighted by Gasteiger charge is 2.43. The summed E-state index contributed by atoms with van der Waals surface area (Å²) in [5, 5.41) is 2.94. The van der Waals surface area contributed by atoms with Gasteiger partial charge in [0.25, 0.3) is 11.8 Å². The van der Waals surface area contributed by atoms with Crippen LogP contribution in [0.4, 0.5) is 11.4 Å². The van der Waals surface area contributed by atoms with Gasteiger partial charge in [-0.15, -0.1) is 0 Å². The number of aryl methyl sites for hydroxylation is 2. The monoisotopic (exact) mass is 507 g/mol. The van der Waals surface area contributed by atoms with E-state index in [1.54, 1.807) is 12.1 Å². The fourth-order valence-corrected chi connectivity index (χ4v) is 6.04. The van der Waals surface area contributed by atoms with Gasteiger partial charge < -0.3 is 10.1 Å². The zero-order valence-electron chi connectivity index (χ0n) is 19.5. The van der Waals surface area contributed by atoms with Crippen LogP contribution < -0.4 is 10.2 Å². The standard InChI is InChI=1S/C26H25N3O4S2/c1-15-7-5-8-16(2)22(15)27-20(30)14-28-19-11-4-3-10-18(19)21(24(28)31)23-25(32)29(26(34)35-23)13-17-9-6-12-33-17/h3-5,7-8,10-11,17H,6,9,12-14H2,1-2H3,(H,27,30)/b23-21-. The Morgan fingerprint density at radius 1 is 1.09 bits per heavy atom. The van der Waals surface area contributed by atoms with E-state index >= 15 is 0 Å². The van der Waals surface area contributed by atoms with Crippen LogP contribution in [0.1, 0.15) is 29.5 Å². The minimum absolute atomic E-state index is 0.0430. The molecule has 2 aromatic rings. The predicted molar refractivity (Wildman–Crippen MR) is 141 cm³/mol. The second kappa shape index (κ2) is 9.56. The molecule has 0 saturated carbocycles. The number of amides is 3. The van der Waals surface area contributed by atoms with E-state index < -0.39 is 0 Å². The van der Waals surface area contributed by atoms with Crippen LogP contribution in [0.2, 0.25) is 0 Å². The first kappa shape index (κ1) is 23.7. The van der Waals surface area contributed by atoms with E-state index in [0.717, 1.165) is 41.4 Å². The zero-order chi connectivity index (χ0) is 24.7. The average molecular weight is 508 g/mol. The molecule has 1 N–H and O–H groups in total. The number of thiocarbonyl (C=S) groups is 1. The summed E-state index contributed by atoms with van der Waals surface area (Å²) in [6, 6.07) is 13.0. The molecular formula is C26H25N3O4S2. The minimum Gasteiger partial charge on any atom is -0.376 e. The fraction of sp³-hybridized carbons (Fsp3) is 0.308. The van der Waals surface area contributed by atoms with Gasteiger partial charge in [-0.25, -0.2) is 0 Å². The van der Waals surface area contributed by atoms with Gasteiger partial charge in [-0.1, -0.05) is 60.4 Å². The topological polar surface area (TPSA) is 79.0 Å². The van der Waals surface area contributed by atoms with Crippen molar-refractivity contribution >= 4 is 63.0 Å². The Morgan fingerprint density at radius 2 is 1.83 bits per heavy atom. The quantitative estimate of drug-likeness (QED) is 0.486. The number of para-hydroxylation sites is 2. The summed E-state index contributed by atoms with van der Waals surface area (Å²) in [5.74, 6) is -0.964. The molecule has 35 heavy (non-hydrogen) atoms. The Hall–Kier alpha value is -3.01. The van der Waals surface area contributed by atoms with Crippen LogP contribution in [0, 0.1) is 13.8 Å². The maximum atomic E-state index is 13.6. The summed E-state index contributed by atoms with van der Waals surface area (Å²) in [6.07, 6.45) is 1.80. The number of nitrogens with zero attached hydrogens (tertiary/aromatic N) is 2. The Balaban J connectivity index is 1.42. The third-order valence-electron chi connectivity index (χ3n) is 6.46. The number of hydrogen-bond donors (Lipinski definition) is 1. The van der Waals surface area contributed by atoms with Crippen molar-refractivity contribution in [1.82, 2.24) is 4.90 Å². The van der Waals surface area contributed by atoms with Crippen molar-refractivity contribution < 1.29 is 19.1 Å². The van der Waals surface area contributed by atoms with E-state index in [2.05, 4.69) is 5.32 Å². The first-order chi connectivity index (χ1) is 16.8. The lowest BCUT2D eigenvalue weighted by Gasteiger charge is -2.19. The molecule has 0 aliphatic carbocycles. The molecule has 1 unspecified atom stereocenters. The molecule has 9 heteroatoms. The van der Waals surface area contributed by atoms with Gasteiger partial charge in [-0.2, -0.15) is 0 Å². The molecule has 5 rings (SSSR count). The van der Waals surface area contributed by atoms with E-state index in [-0.39, 0.29) is 30.4 Å². The first-order valence-electron chi connectivity index (χ1n) is 11.5. The molecule has 3 amide bonds. The molecule has 0 spiro atoms. The van der Waals surface area contributed by atoms with Crippen LogP contribution in [0.15, 0.2) is 47.4 Å².